The van der Waals surface area contributed by atoms with Crippen LogP contribution < -0.4 is 15.6 Å². The van der Waals surface area contributed by atoms with Crippen LogP contribution in [0.1, 0.15) is 25.5 Å². The molecule has 0 aliphatic rings. The summed E-state index contributed by atoms with van der Waals surface area (Å²) in [6, 6.07) is 13.5. The number of ether oxygens (including phenoxy) is 1. The molecule has 9 nitrogen and oxygen atoms in total. The minimum Gasteiger partial charge on any atom is -0.494 e. The van der Waals surface area contributed by atoms with E-state index in [1.165, 1.54) is 24.3 Å². The standard InChI is InChI=1S/C22H22N4O5/c1-4-31-18-8-5-16(6-9-18)20-11-12-21(27)25(24-20)15(3)22(28)23-19-10-7-17(26(29)30)13-14(19)2/h5-13,15H,4H2,1-3H3,(H,23,28). The molecule has 0 aliphatic heterocycles. The Balaban J connectivity index is 1.83. The van der Waals surface area contributed by atoms with Crippen molar-refractivity contribution in [1.82, 2.24) is 9.78 Å². The molecule has 9 heteroatoms. The summed E-state index contributed by atoms with van der Waals surface area (Å²) in [4.78, 5) is 35.5. The van der Waals surface area contributed by atoms with Gasteiger partial charge in [0.05, 0.1) is 17.2 Å². The molecule has 160 valence electrons. The molecule has 0 saturated carbocycles. The zero-order chi connectivity index (χ0) is 22.5. The molecule has 0 aliphatic carbocycles. The highest BCUT2D eigenvalue weighted by atomic mass is 16.6. The Morgan fingerprint density at radius 2 is 1.90 bits per heavy atom. The molecule has 1 atom stereocenters. The van der Waals surface area contributed by atoms with Crippen molar-refractivity contribution in [3.8, 4) is 17.0 Å². The number of aromatic nitrogens is 2. The molecular formula is C22H22N4O5. The number of benzene rings is 2. The molecule has 1 heterocycles. The van der Waals surface area contributed by atoms with Gasteiger partial charge in [-0.05, 0) is 62.7 Å². The summed E-state index contributed by atoms with van der Waals surface area (Å²) in [5.41, 5.74) is 1.79. The SMILES string of the molecule is CCOc1ccc(-c2ccc(=O)n(C(C)C(=O)Nc3ccc([N+](=O)[O-])cc3C)n2)cc1. The van der Waals surface area contributed by atoms with Gasteiger partial charge < -0.3 is 10.1 Å². The number of rotatable bonds is 7. The van der Waals surface area contributed by atoms with Crippen LogP contribution in [0.5, 0.6) is 5.75 Å². The largest absolute Gasteiger partial charge is 0.494 e. The molecule has 31 heavy (non-hydrogen) atoms. The number of non-ortho nitro benzene ring substituents is 1. The van der Waals surface area contributed by atoms with Crippen LogP contribution in [-0.4, -0.2) is 27.2 Å². The monoisotopic (exact) mass is 422 g/mol. The zero-order valence-corrected chi connectivity index (χ0v) is 17.4. The van der Waals surface area contributed by atoms with E-state index in [1.807, 2.05) is 31.2 Å². The summed E-state index contributed by atoms with van der Waals surface area (Å²) in [5, 5.41) is 17.9. The van der Waals surface area contributed by atoms with Gasteiger partial charge in [-0.15, -0.1) is 0 Å². The predicted molar refractivity (Wildman–Crippen MR) is 116 cm³/mol. The first-order valence-corrected chi connectivity index (χ1v) is 9.69. The number of hydrogen-bond donors (Lipinski definition) is 1. The van der Waals surface area contributed by atoms with Gasteiger partial charge >= 0.3 is 0 Å². The van der Waals surface area contributed by atoms with Gasteiger partial charge in [0.2, 0.25) is 5.91 Å². The van der Waals surface area contributed by atoms with Gasteiger partial charge in [-0.2, -0.15) is 5.10 Å². The lowest BCUT2D eigenvalue weighted by Gasteiger charge is -2.16. The lowest BCUT2D eigenvalue weighted by Crippen LogP contribution is -2.33. The first kappa shape index (κ1) is 21.7. The maximum absolute atomic E-state index is 12.7. The van der Waals surface area contributed by atoms with Gasteiger partial charge in [0.25, 0.3) is 11.2 Å². The normalized spacial score (nSPS) is 11.6. The highest BCUT2D eigenvalue weighted by molar-refractivity contribution is 5.94. The average molecular weight is 422 g/mol. The van der Waals surface area contributed by atoms with Crippen molar-refractivity contribution >= 4 is 17.3 Å². The fourth-order valence-electron chi connectivity index (χ4n) is 3.00. The minimum atomic E-state index is -0.898. The van der Waals surface area contributed by atoms with Crippen LogP contribution in [0.4, 0.5) is 11.4 Å². The fraction of sp³-hybridized carbons (Fsp3) is 0.227. The topological polar surface area (TPSA) is 116 Å². The van der Waals surface area contributed by atoms with Crippen molar-refractivity contribution < 1.29 is 14.5 Å². The molecule has 3 aromatic rings. The van der Waals surface area contributed by atoms with Gasteiger partial charge in [0.15, 0.2) is 0 Å². The Labute approximate surface area is 178 Å². The number of nitrogens with one attached hydrogen (secondary N) is 1. The number of nitro benzene ring substituents is 1. The third kappa shape index (κ3) is 4.95. The number of carbonyl (C=O) groups excluding carboxylic acids is 1. The van der Waals surface area contributed by atoms with E-state index < -0.39 is 22.4 Å². The minimum absolute atomic E-state index is 0.0653. The molecule has 0 bridgehead atoms. The Kier molecular flexibility index (Phi) is 6.44. The molecule has 1 amide bonds. The van der Waals surface area contributed by atoms with Crippen molar-refractivity contribution in [1.29, 1.82) is 0 Å². The van der Waals surface area contributed by atoms with E-state index in [9.17, 15) is 19.7 Å². The van der Waals surface area contributed by atoms with Gasteiger partial charge in [-0.25, -0.2) is 4.68 Å². The van der Waals surface area contributed by atoms with E-state index in [-0.39, 0.29) is 5.69 Å². The van der Waals surface area contributed by atoms with Crippen LogP contribution in [0.15, 0.2) is 59.4 Å². The van der Waals surface area contributed by atoms with E-state index in [4.69, 9.17) is 4.74 Å². The van der Waals surface area contributed by atoms with E-state index >= 15 is 0 Å². The average Bonchev–Trinajstić information content (AvgIpc) is 2.75. The molecule has 0 spiro atoms. The van der Waals surface area contributed by atoms with E-state index in [0.29, 0.717) is 23.6 Å². The number of nitro groups is 1. The highest BCUT2D eigenvalue weighted by Crippen LogP contribution is 2.23. The van der Waals surface area contributed by atoms with Crippen LogP contribution in [-0.2, 0) is 4.79 Å². The number of aryl methyl sites for hydroxylation is 1. The molecule has 0 radical (unpaired) electrons. The molecular weight excluding hydrogens is 400 g/mol. The summed E-state index contributed by atoms with van der Waals surface area (Å²) in [6.45, 7) is 5.68. The van der Waals surface area contributed by atoms with Crippen LogP contribution in [0.3, 0.4) is 0 Å². The Bertz CT molecular complexity index is 1170. The maximum Gasteiger partial charge on any atom is 0.269 e. The summed E-state index contributed by atoms with van der Waals surface area (Å²) < 4.78 is 6.54. The molecule has 0 saturated heterocycles. The Hall–Kier alpha value is -4.01. The van der Waals surface area contributed by atoms with Crippen molar-refractivity contribution in [2.75, 3.05) is 11.9 Å². The first-order valence-electron chi connectivity index (χ1n) is 9.69. The number of amides is 1. The van der Waals surface area contributed by atoms with Crippen molar-refractivity contribution in [2.24, 2.45) is 0 Å². The van der Waals surface area contributed by atoms with Crippen molar-refractivity contribution in [3.63, 3.8) is 0 Å². The molecule has 0 fully saturated rings. The van der Waals surface area contributed by atoms with Crippen LogP contribution in [0.25, 0.3) is 11.3 Å². The number of anilines is 1. The second-order valence-electron chi connectivity index (χ2n) is 6.88. The molecule has 1 N–H and O–H groups in total. The molecule has 3 rings (SSSR count). The van der Waals surface area contributed by atoms with Gasteiger partial charge in [0, 0.05) is 29.4 Å². The van der Waals surface area contributed by atoms with E-state index in [2.05, 4.69) is 10.4 Å². The second kappa shape index (κ2) is 9.21. The van der Waals surface area contributed by atoms with E-state index in [1.54, 1.807) is 19.9 Å². The lowest BCUT2D eigenvalue weighted by atomic mass is 10.1. The van der Waals surface area contributed by atoms with E-state index in [0.717, 1.165) is 16.0 Å². The maximum atomic E-state index is 12.7. The number of nitrogens with zero attached hydrogens (tertiary/aromatic N) is 3. The smallest absolute Gasteiger partial charge is 0.269 e. The zero-order valence-electron chi connectivity index (χ0n) is 17.4. The number of carbonyl (C=O) groups is 1. The quantitative estimate of drug-likeness (QED) is 0.458. The van der Waals surface area contributed by atoms with Gasteiger partial charge in [-0.1, -0.05) is 0 Å². The fourth-order valence-corrected chi connectivity index (χ4v) is 3.00. The molecule has 1 aromatic heterocycles. The van der Waals surface area contributed by atoms with Gasteiger partial charge in [0.1, 0.15) is 11.8 Å². The van der Waals surface area contributed by atoms with Crippen LogP contribution >= 0.6 is 0 Å². The van der Waals surface area contributed by atoms with Crippen LogP contribution in [0, 0.1) is 17.0 Å². The number of hydrogen-bond acceptors (Lipinski definition) is 6. The Morgan fingerprint density at radius 3 is 2.52 bits per heavy atom. The summed E-state index contributed by atoms with van der Waals surface area (Å²) in [7, 11) is 0. The van der Waals surface area contributed by atoms with Crippen LogP contribution in [0.2, 0.25) is 0 Å². The second-order valence-corrected chi connectivity index (χ2v) is 6.88. The summed E-state index contributed by atoms with van der Waals surface area (Å²) in [6.07, 6.45) is 0. The van der Waals surface area contributed by atoms with Crippen molar-refractivity contribution in [2.45, 2.75) is 26.8 Å². The first-order chi connectivity index (χ1) is 14.8. The summed E-state index contributed by atoms with van der Waals surface area (Å²) in [5.74, 6) is 0.265. The third-order valence-electron chi connectivity index (χ3n) is 4.71. The highest BCUT2D eigenvalue weighted by Gasteiger charge is 2.19. The third-order valence-corrected chi connectivity index (χ3v) is 4.71. The molecule has 1 unspecified atom stereocenters. The van der Waals surface area contributed by atoms with Crippen molar-refractivity contribution in [3.05, 3.63) is 80.6 Å². The lowest BCUT2D eigenvalue weighted by molar-refractivity contribution is -0.384. The molecule has 2 aromatic carbocycles. The predicted octanol–water partition coefficient (Wildman–Crippen LogP) is 3.73. The van der Waals surface area contributed by atoms with Gasteiger partial charge in [-0.3, -0.25) is 19.7 Å². The summed E-state index contributed by atoms with van der Waals surface area (Å²) >= 11 is 0. The Morgan fingerprint density at radius 1 is 1.19 bits per heavy atom.